The number of halogens is 1. The average molecular weight is 256 g/mol. The zero-order chi connectivity index (χ0) is 12.8. The molecule has 0 aliphatic carbocycles. The highest BCUT2D eigenvalue weighted by atomic mass is 35.5. The van der Waals surface area contributed by atoms with Gasteiger partial charge in [-0.15, -0.1) is 11.6 Å². The van der Waals surface area contributed by atoms with Crippen molar-refractivity contribution in [2.24, 2.45) is 5.92 Å². The third kappa shape index (κ3) is 3.82. The van der Waals surface area contributed by atoms with Gasteiger partial charge in [0.1, 0.15) is 5.78 Å². The lowest BCUT2D eigenvalue weighted by atomic mass is 9.93. The van der Waals surface area contributed by atoms with Crippen LogP contribution in [-0.4, -0.2) is 16.6 Å². The van der Waals surface area contributed by atoms with Gasteiger partial charge in [-0.25, -0.2) is 0 Å². The van der Waals surface area contributed by atoms with E-state index in [4.69, 9.17) is 11.6 Å². The van der Waals surface area contributed by atoms with Crippen LogP contribution in [0.1, 0.15) is 18.9 Å². The van der Waals surface area contributed by atoms with Crippen molar-refractivity contribution in [1.29, 1.82) is 0 Å². The normalized spacial score (nSPS) is 12.1. The van der Waals surface area contributed by atoms with Crippen LogP contribution in [0.2, 0.25) is 0 Å². The molecule has 1 rings (SSSR count). The number of Topliss-reactive ketones (excluding diaryl/α,β-unsaturated/α-hetero) is 1. The molecular formula is C12H14ClNO3. The first-order valence-corrected chi connectivity index (χ1v) is 5.88. The second-order valence-corrected chi connectivity index (χ2v) is 4.25. The van der Waals surface area contributed by atoms with Crippen LogP contribution in [0.15, 0.2) is 24.3 Å². The van der Waals surface area contributed by atoms with Gasteiger partial charge in [0.25, 0.3) is 5.69 Å². The van der Waals surface area contributed by atoms with E-state index >= 15 is 0 Å². The number of hydrogen-bond acceptors (Lipinski definition) is 3. The van der Waals surface area contributed by atoms with Gasteiger partial charge in [0.15, 0.2) is 0 Å². The van der Waals surface area contributed by atoms with E-state index in [0.29, 0.717) is 24.3 Å². The van der Waals surface area contributed by atoms with E-state index in [1.165, 1.54) is 13.0 Å². The third-order valence-corrected chi connectivity index (χ3v) is 2.91. The van der Waals surface area contributed by atoms with Gasteiger partial charge in [-0.05, 0) is 19.8 Å². The van der Waals surface area contributed by atoms with Crippen molar-refractivity contribution in [3.05, 3.63) is 39.9 Å². The van der Waals surface area contributed by atoms with Crippen molar-refractivity contribution in [3.63, 3.8) is 0 Å². The molecule has 17 heavy (non-hydrogen) atoms. The van der Waals surface area contributed by atoms with Gasteiger partial charge in [-0.3, -0.25) is 14.9 Å². The van der Waals surface area contributed by atoms with E-state index in [2.05, 4.69) is 0 Å². The first-order valence-electron chi connectivity index (χ1n) is 5.35. The number of ketones is 1. The number of rotatable bonds is 6. The molecule has 1 aromatic carbocycles. The predicted molar refractivity (Wildman–Crippen MR) is 66.3 cm³/mol. The van der Waals surface area contributed by atoms with Crippen molar-refractivity contribution in [3.8, 4) is 0 Å². The van der Waals surface area contributed by atoms with E-state index in [-0.39, 0.29) is 17.4 Å². The molecule has 0 aromatic heterocycles. The molecule has 1 aromatic rings. The van der Waals surface area contributed by atoms with Crippen LogP contribution in [0.4, 0.5) is 5.69 Å². The molecule has 92 valence electrons. The summed E-state index contributed by atoms with van der Waals surface area (Å²) in [7, 11) is 0. The van der Waals surface area contributed by atoms with E-state index in [9.17, 15) is 14.9 Å². The highest BCUT2D eigenvalue weighted by molar-refractivity contribution is 6.18. The minimum atomic E-state index is -0.423. The molecule has 0 bridgehead atoms. The number of alkyl halides is 1. The maximum Gasteiger partial charge on any atom is 0.272 e. The Morgan fingerprint density at radius 1 is 1.47 bits per heavy atom. The lowest BCUT2D eigenvalue weighted by Gasteiger charge is -2.12. The van der Waals surface area contributed by atoms with E-state index in [0.717, 1.165) is 0 Å². The second-order valence-electron chi connectivity index (χ2n) is 3.88. The molecule has 0 heterocycles. The minimum Gasteiger partial charge on any atom is -0.300 e. The lowest BCUT2D eigenvalue weighted by molar-refractivity contribution is -0.385. The molecule has 0 aliphatic heterocycles. The number of carbonyl (C=O) groups is 1. The summed E-state index contributed by atoms with van der Waals surface area (Å²) in [4.78, 5) is 21.8. The highest BCUT2D eigenvalue weighted by Crippen LogP contribution is 2.23. The zero-order valence-electron chi connectivity index (χ0n) is 9.56. The standard InChI is InChI=1S/C12H14ClNO3/c1-9(15)10(6-7-13)8-11-4-2-3-5-12(11)14(16)17/h2-5,10H,6-8H2,1H3. The number of benzene rings is 1. The molecule has 1 unspecified atom stereocenters. The monoisotopic (exact) mass is 255 g/mol. The Morgan fingerprint density at radius 2 is 2.12 bits per heavy atom. The van der Waals surface area contributed by atoms with Gasteiger partial charge < -0.3 is 0 Å². The topological polar surface area (TPSA) is 60.2 Å². The van der Waals surface area contributed by atoms with Gasteiger partial charge >= 0.3 is 0 Å². The Bertz CT molecular complexity index is 420. The van der Waals surface area contributed by atoms with Crippen LogP contribution >= 0.6 is 11.6 Å². The largest absolute Gasteiger partial charge is 0.300 e. The summed E-state index contributed by atoms with van der Waals surface area (Å²) in [6, 6.07) is 6.49. The van der Waals surface area contributed by atoms with Crippen LogP contribution in [0.3, 0.4) is 0 Å². The molecule has 0 aliphatic rings. The Kier molecular flexibility index (Phi) is 5.10. The van der Waals surface area contributed by atoms with E-state index in [1.807, 2.05) is 0 Å². The van der Waals surface area contributed by atoms with Crippen LogP contribution < -0.4 is 0 Å². The summed E-state index contributed by atoms with van der Waals surface area (Å²) in [5.74, 6) is 0.155. The maximum atomic E-state index is 11.4. The summed E-state index contributed by atoms with van der Waals surface area (Å²) < 4.78 is 0. The molecule has 4 nitrogen and oxygen atoms in total. The fourth-order valence-electron chi connectivity index (χ4n) is 1.71. The number of nitro groups is 1. The highest BCUT2D eigenvalue weighted by Gasteiger charge is 2.19. The van der Waals surface area contributed by atoms with Crippen molar-refractivity contribution in [2.45, 2.75) is 19.8 Å². The maximum absolute atomic E-state index is 11.4. The van der Waals surface area contributed by atoms with Crippen molar-refractivity contribution in [2.75, 3.05) is 5.88 Å². The Labute approximate surface area is 105 Å². The lowest BCUT2D eigenvalue weighted by Crippen LogP contribution is -2.15. The first-order chi connectivity index (χ1) is 8.06. The van der Waals surface area contributed by atoms with Crippen molar-refractivity contribution >= 4 is 23.1 Å². The van der Waals surface area contributed by atoms with E-state index in [1.54, 1.807) is 18.2 Å². The molecule has 0 saturated carbocycles. The molecule has 0 saturated heterocycles. The smallest absolute Gasteiger partial charge is 0.272 e. The summed E-state index contributed by atoms with van der Waals surface area (Å²) in [6.07, 6.45) is 0.919. The molecule has 0 amide bonds. The molecule has 0 N–H and O–H groups in total. The number of carbonyl (C=O) groups excluding carboxylic acids is 1. The summed E-state index contributed by atoms with van der Waals surface area (Å²) in [5.41, 5.74) is 0.649. The van der Waals surface area contributed by atoms with Crippen LogP contribution in [0, 0.1) is 16.0 Å². The van der Waals surface area contributed by atoms with Gasteiger partial charge in [0, 0.05) is 23.4 Å². The van der Waals surface area contributed by atoms with Gasteiger partial charge in [0.2, 0.25) is 0 Å². The molecule has 5 heteroatoms. The van der Waals surface area contributed by atoms with Crippen molar-refractivity contribution < 1.29 is 9.72 Å². The van der Waals surface area contributed by atoms with Gasteiger partial charge in [0.05, 0.1) is 4.92 Å². The third-order valence-electron chi connectivity index (χ3n) is 2.69. The number of nitrogens with zero attached hydrogens (tertiary/aromatic N) is 1. The summed E-state index contributed by atoms with van der Waals surface area (Å²) in [6.45, 7) is 1.49. The predicted octanol–water partition coefficient (Wildman–Crippen LogP) is 2.97. The summed E-state index contributed by atoms with van der Waals surface area (Å²) in [5, 5.41) is 10.8. The minimum absolute atomic E-state index is 0.0174. The molecule has 0 spiro atoms. The quantitative estimate of drug-likeness (QED) is 0.446. The zero-order valence-corrected chi connectivity index (χ0v) is 10.3. The number of nitro benzene ring substituents is 1. The van der Waals surface area contributed by atoms with Gasteiger partial charge in [-0.1, -0.05) is 18.2 Å². The Hall–Kier alpha value is -1.42. The first kappa shape index (κ1) is 13.6. The Morgan fingerprint density at radius 3 is 2.65 bits per heavy atom. The Balaban J connectivity index is 2.92. The molecular weight excluding hydrogens is 242 g/mol. The number of para-hydroxylation sites is 1. The summed E-state index contributed by atoms with van der Waals surface area (Å²) >= 11 is 5.62. The fourth-order valence-corrected chi connectivity index (χ4v) is 1.97. The molecule has 1 atom stereocenters. The van der Waals surface area contributed by atoms with Crippen LogP contribution in [0.5, 0.6) is 0 Å². The van der Waals surface area contributed by atoms with Crippen LogP contribution in [-0.2, 0) is 11.2 Å². The molecule has 0 radical (unpaired) electrons. The number of hydrogen-bond donors (Lipinski definition) is 0. The fraction of sp³-hybridized carbons (Fsp3) is 0.417. The SMILES string of the molecule is CC(=O)C(CCCl)Cc1ccccc1[N+](=O)[O-]. The van der Waals surface area contributed by atoms with Crippen LogP contribution in [0.25, 0.3) is 0 Å². The second kappa shape index (κ2) is 6.35. The average Bonchev–Trinajstić information content (AvgIpc) is 2.28. The van der Waals surface area contributed by atoms with E-state index < -0.39 is 4.92 Å². The van der Waals surface area contributed by atoms with Crippen molar-refractivity contribution in [1.82, 2.24) is 0 Å². The molecule has 0 fully saturated rings. The van der Waals surface area contributed by atoms with Gasteiger partial charge in [-0.2, -0.15) is 0 Å².